The smallest absolute Gasteiger partial charge is 0.303 e. The zero-order valence-corrected chi connectivity index (χ0v) is 19.9. The van der Waals surface area contributed by atoms with E-state index in [-0.39, 0.29) is 6.42 Å². The van der Waals surface area contributed by atoms with E-state index in [2.05, 4.69) is 33.1 Å². The molecule has 3 aromatic rings. The van der Waals surface area contributed by atoms with Crippen LogP contribution in [0.25, 0.3) is 5.69 Å². The highest BCUT2D eigenvalue weighted by Gasteiger charge is 2.30. The largest absolute Gasteiger partial charge is 0.481 e. The number of carboxylic acid groups (broad SMARTS) is 1. The summed E-state index contributed by atoms with van der Waals surface area (Å²) in [4.78, 5) is 16.3. The van der Waals surface area contributed by atoms with Crippen molar-refractivity contribution in [3.63, 3.8) is 0 Å². The molecule has 1 aliphatic heterocycles. The molecule has 1 atom stereocenters. The van der Waals surface area contributed by atoms with Crippen LogP contribution >= 0.6 is 39.3 Å². The van der Waals surface area contributed by atoms with Crippen LogP contribution in [0.2, 0.25) is 5.02 Å². The van der Waals surface area contributed by atoms with Crippen LogP contribution in [0.5, 0.6) is 0 Å². The fraction of sp³-hybridized carbons (Fsp3) is 0.273. The average molecular weight is 520 g/mol. The predicted octanol–water partition coefficient (Wildman–Crippen LogP) is 5.94. The number of aromatic nitrogens is 3. The Balaban J connectivity index is 1.97. The lowest BCUT2D eigenvalue weighted by Gasteiger charge is -2.14. The van der Waals surface area contributed by atoms with E-state index in [1.807, 2.05) is 47.0 Å². The number of hydrogen-bond donors (Lipinski definition) is 1. The van der Waals surface area contributed by atoms with E-state index in [1.165, 1.54) is 0 Å². The molecule has 0 fully saturated rings. The van der Waals surface area contributed by atoms with E-state index in [9.17, 15) is 9.90 Å². The van der Waals surface area contributed by atoms with Gasteiger partial charge in [-0.1, -0.05) is 64.4 Å². The molecule has 0 saturated carbocycles. The number of halogens is 2. The van der Waals surface area contributed by atoms with Crippen LogP contribution in [0, 0.1) is 0 Å². The van der Waals surface area contributed by atoms with E-state index in [1.54, 1.807) is 11.8 Å². The molecule has 0 amide bonds. The quantitative estimate of drug-likeness (QED) is 0.391. The normalized spacial score (nSPS) is 15.1. The van der Waals surface area contributed by atoms with Crippen LogP contribution in [0.1, 0.15) is 49.2 Å². The first kappa shape index (κ1) is 22.0. The Labute approximate surface area is 197 Å². The van der Waals surface area contributed by atoms with Gasteiger partial charge in [0.15, 0.2) is 11.0 Å². The third kappa shape index (κ3) is 4.56. The molecule has 0 saturated heterocycles. The van der Waals surface area contributed by atoms with E-state index in [4.69, 9.17) is 16.6 Å². The topological polar surface area (TPSA) is 80.4 Å². The standard InChI is InChI=1S/C22H20BrClN4O2S/c1-2-11-31-22-27-26-21-17(8-10-19(29)30)25-20(14-5-3-4-6-16(14)24)15-12-13(23)7-9-18(15)28(21)22/h3-7,9,12,17H,2,8,10-11H2,1H3,(H,29,30)/t17-/m0/s1. The van der Waals surface area contributed by atoms with Crippen LogP contribution in [-0.2, 0) is 4.79 Å². The van der Waals surface area contributed by atoms with Crippen LogP contribution < -0.4 is 0 Å². The molecular formula is C22H20BrClN4O2S. The van der Waals surface area contributed by atoms with Gasteiger partial charge in [-0.05, 0) is 37.1 Å². The van der Waals surface area contributed by atoms with Crippen molar-refractivity contribution in [2.24, 2.45) is 4.99 Å². The summed E-state index contributed by atoms with van der Waals surface area (Å²) in [6.07, 6.45) is 1.30. The zero-order chi connectivity index (χ0) is 22.0. The van der Waals surface area contributed by atoms with Crippen molar-refractivity contribution in [1.82, 2.24) is 14.8 Å². The molecule has 0 unspecified atom stereocenters. The highest BCUT2D eigenvalue weighted by Crippen LogP contribution is 2.37. The molecule has 0 bridgehead atoms. The zero-order valence-electron chi connectivity index (χ0n) is 16.8. The highest BCUT2D eigenvalue weighted by atomic mass is 79.9. The lowest BCUT2D eigenvalue weighted by atomic mass is 10.00. The maximum Gasteiger partial charge on any atom is 0.303 e. The Bertz CT molecular complexity index is 1160. The van der Waals surface area contributed by atoms with Crippen LogP contribution in [0.3, 0.4) is 0 Å². The first-order chi connectivity index (χ1) is 15.0. The maximum absolute atomic E-state index is 11.3. The number of aliphatic carboxylic acids is 1. The van der Waals surface area contributed by atoms with E-state index in [0.717, 1.165) is 38.6 Å². The van der Waals surface area contributed by atoms with Gasteiger partial charge in [-0.3, -0.25) is 14.4 Å². The van der Waals surface area contributed by atoms with Crippen molar-refractivity contribution in [2.75, 3.05) is 5.75 Å². The van der Waals surface area contributed by atoms with Gasteiger partial charge >= 0.3 is 5.97 Å². The van der Waals surface area contributed by atoms with Crippen molar-refractivity contribution in [1.29, 1.82) is 0 Å². The molecule has 1 N–H and O–H groups in total. The number of carbonyl (C=O) groups is 1. The molecule has 1 aliphatic rings. The lowest BCUT2D eigenvalue weighted by Crippen LogP contribution is -2.08. The molecule has 2 aromatic carbocycles. The van der Waals surface area contributed by atoms with Gasteiger partial charge in [0, 0.05) is 32.8 Å². The van der Waals surface area contributed by atoms with Gasteiger partial charge in [0.05, 0.1) is 11.4 Å². The van der Waals surface area contributed by atoms with E-state index < -0.39 is 12.0 Å². The average Bonchev–Trinajstić information content (AvgIpc) is 3.11. The second-order valence-electron chi connectivity index (χ2n) is 7.09. The van der Waals surface area contributed by atoms with Gasteiger partial charge in [-0.15, -0.1) is 10.2 Å². The number of thioether (sulfide) groups is 1. The molecule has 160 valence electrons. The summed E-state index contributed by atoms with van der Waals surface area (Å²) in [5.74, 6) is 0.679. The second kappa shape index (κ2) is 9.54. The Morgan fingerprint density at radius 2 is 2.03 bits per heavy atom. The minimum Gasteiger partial charge on any atom is -0.481 e. The van der Waals surface area contributed by atoms with E-state index >= 15 is 0 Å². The summed E-state index contributed by atoms with van der Waals surface area (Å²) in [5.41, 5.74) is 3.30. The van der Waals surface area contributed by atoms with Crippen LogP contribution in [-0.4, -0.2) is 37.3 Å². The number of rotatable bonds is 7. The van der Waals surface area contributed by atoms with Crippen molar-refractivity contribution >= 4 is 51.0 Å². The monoisotopic (exact) mass is 518 g/mol. The van der Waals surface area contributed by atoms with Gasteiger partial charge < -0.3 is 5.11 Å². The summed E-state index contributed by atoms with van der Waals surface area (Å²) in [7, 11) is 0. The first-order valence-electron chi connectivity index (χ1n) is 9.92. The van der Waals surface area contributed by atoms with Crippen molar-refractivity contribution in [2.45, 2.75) is 37.4 Å². The van der Waals surface area contributed by atoms with Crippen LogP contribution in [0.15, 0.2) is 57.1 Å². The molecule has 6 nitrogen and oxygen atoms in total. The second-order valence-corrected chi connectivity index (χ2v) is 9.48. The lowest BCUT2D eigenvalue weighted by molar-refractivity contribution is -0.137. The van der Waals surface area contributed by atoms with Crippen molar-refractivity contribution in [3.05, 3.63) is 68.9 Å². The Morgan fingerprint density at radius 3 is 2.77 bits per heavy atom. The van der Waals surface area contributed by atoms with Gasteiger partial charge in [-0.25, -0.2) is 0 Å². The van der Waals surface area contributed by atoms with Crippen molar-refractivity contribution in [3.8, 4) is 5.69 Å². The number of nitrogens with zero attached hydrogens (tertiary/aromatic N) is 4. The summed E-state index contributed by atoms with van der Waals surface area (Å²) in [6.45, 7) is 2.12. The molecule has 0 radical (unpaired) electrons. The molecule has 9 heteroatoms. The highest BCUT2D eigenvalue weighted by molar-refractivity contribution is 9.10. The Hall–Kier alpha value is -2.16. The molecule has 2 heterocycles. The molecule has 1 aromatic heterocycles. The number of hydrogen-bond acceptors (Lipinski definition) is 5. The Kier molecular flexibility index (Phi) is 6.79. The fourth-order valence-corrected chi connectivity index (χ4v) is 4.90. The van der Waals surface area contributed by atoms with Gasteiger partial charge in [0.2, 0.25) is 0 Å². The summed E-state index contributed by atoms with van der Waals surface area (Å²) in [5, 5.41) is 19.5. The van der Waals surface area contributed by atoms with Gasteiger partial charge in [-0.2, -0.15) is 0 Å². The number of benzene rings is 2. The molecule has 4 rings (SSSR count). The molecule has 0 spiro atoms. The molecular weight excluding hydrogens is 500 g/mol. The van der Waals surface area contributed by atoms with Gasteiger partial charge in [0.25, 0.3) is 0 Å². The summed E-state index contributed by atoms with van der Waals surface area (Å²) < 4.78 is 2.93. The summed E-state index contributed by atoms with van der Waals surface area (Å²) >= 11 is 11.8. The van der Waals surface area contributed by atoms with Crippen molar-refractivity contribution < 1.29 is 9.90 Å². The SMILES string of the molecule is CCCSc1nnc2n1-c1ccc(Br)cc1C(c1ccccc1Cl)=N[C@H]2CCC(=O)O. The fourth-order valence-electron chi connectivity index (χ4n) is 3.51. The predicted molar refractivity (Wildman–Crippen MR) is 127 cm³/mol. The van der Waals surface area contributed by atoms with Crippen LogP contribution in [0.4, 0.5) is 0 Å². The summed E-state index contributed by atoms with van der Waals surface area (Å²) in [6, 6.07) is 13.1. The number of carboxylic acids is 1. The number of fused-ring (bicyclic) bond motifs is 3. The number of aliphatic imine (C=N–C) groups is 1. The van der Waals surface area contributed by atoms with Gasteiger partial charge in [0.1, 0.15) is 6.04 Å². The third-order valence-electron chi connectivity index (χ3n) is 4.89. The Morgan fingerprint density at radius 1 is 1.23 bits per heavy atom. The minimum absolute atomic E-state index is 0.0195. The molecule has 0 aliphatic carbocycles. The first-order valence-corrected chi connectivity index (χ1v) is 12.1. The minimum atomic E-state index is -0.870. The molecule has 31 heavy (non-hydrogen) atoms. The maximum atomic E-state index is 11.3. The van der Waals surface area contributed by atoms with E-state index in [0.29, 0.717) is 23.0 Å². The third-order valence-corrected chi connectivity index (χ3v) is 6.85.